The molecule has 0 aliphatic heterocycles. The number of hydrogen-bond acceptors (Lipinski definition) is 5. The second-order valence-corrected chi connectivity index (χ2v) is 6.69. The second-order valence-electron chi connectivity index (χ2n) is 5.01. The predicted octanol–water partition coefficient (Wildman–Crippen LogP) is 1.03. The fraction of sp³-hybridized carbons (Fsp3) is 0.571. The molecule has 0 radical (unpaired) electrons. The summed E-state index contributed by atoms with van der Waals surface area (Å²) in [4.78, 5) is 0.0852. The number of aliphatic hydroxyl groups is 1. The molecule has 1 aromatic carbocycles. The summed E-state index contributed by atoms with van der Waals surface area (Å²) in [6.45, 7) is 2.40. The van der Waals surface area contributed by atoms with E-state index in [0.29, 0.717) is 25.0 Å². The SMILES string of the molecule is CCOC1CC(NS(=O)(=O)c2ccc(CO)cc2OC)C1. The molecular formula is C14H21NO5S. The molecule has 0 spiro atoms. The van der Waals surface area contributed by atoms with E-state index >= 15 is 0 Å². The van der Waals surface area contributed by atoms with Gasteiger partial charge in [-0.05, 0) is 37.5 Å². The molecular weight excluding hydrogens is 294 g/mol. The maximum absolute atomic E-state index is 12.4. The minimum atomic E-state index is -3.64. The van der Waals surface area contributed by atoms with E-state index in [1.54, 1.807) is 6.07 Å². The summed E-state index contributed by atoms with van der Waals surface area (Å²) in [6, 6.07) is 4.44. The van der Waals surface area contributed by atoms with Crippen LogP contribution in [0.2, 0.25) is 0 Å². The number of benzene rings is 1. The summed E-state index contributed by atoms with van der Waals surface area (Å²) in [5, 5.41) is 9.09. The Morgan fingerprint density at radius 1 is 1.38 bits per heavy atom. The zero-order chi connectivity index (χ0) is 15.5. The van der Waals surface area contributed by atoms with Crippen molar-refractivity contribution in [2.75, 3.05) is 13.7 Å². The topological polar surface area (TPSA) is 84.9 Å². The Morgan fingerprint density at radius 3 is 2.67 bits per heavy atom. The third kappa shape index (κ3) is 3.74. The number of aliphatic hydroxyl groups excluding tert-OH is 1. The molecule has 0 atom stereocenters. The van der Waals surface area contributed by atoms with Crippen molar-refractivity contribution in [3.8, 4) is 5.75 Å². The molecule has 1 aliphatic carbocycles. The lowest BCUT2D eigenvalue weighted by Crippen LogP contribution is -2.47. The van der Waals surface area contributed by atoms with Crippen molar-refractivity contribution in [1.82, 2.24) is 4.72 Å². The normalized spacial score (nSPS) is 21.9. The molecule has 0 aromatic heterocycles. The minimum Gasteiger partial charge on any atom is -0.495 e. The standard InChI is InChI=1S/C14H21NO5S/c1-3-20-12-7-11(8-12)15-21(17,18)14-5-4-10(9-16)6-13(14)19-2/h4-6,11-12,15-16H,3,7-9H2,1-2H3. The third-order valence-electron chi connectivity index (χ3n) is 3.52. The van der Waals surface area contributed by atoms with Crippen LogP contribution in [0, 0.1) is 0 Å². The van der Waals surface area contributed by atoms with E-state index in [9.17, 15) is 8.42 Å². The highest BCUT2D eigenvalue weighted by atomic mass is 32.2. The fourth-order valence-corrected chi connectivity index (χ4v) is 3.76. The number of hydrogen-bond donors (Lipinski definition) is 2. The van der Waals surface area contributed by atoms with Crippen LogP contribution in [0.5, 0.6) is 5.75 Å². The van der Waals surface area contributed by atoms with Crippen molar-refractivity contribution >= 4 is 10.0 Å². The van der Waals surface area contributed by atoms with E-state index in [4.69, 9.17) is 14.6 Å². The largest absolute Gasteiger partial charge is 0.495 e. The zero-order valence-corrected chi connectivity index (χ0v) is 13.0. The molecule has 0 unspecified atom stereocenters. The lowest BCUT2D eigenvalue weighted by molar-refractivity contribution is -0.00476. The number of sulfonamides is 1. The molecule has 2 N–H and O–H groups in total. The van der Waals surface area contributed by atoms with Crippen molar-refractivity contribution in [1.29, 1.82) is 0 Å². The Morgan fingerprint density at radius 2 is 2.10 bits per heavy atom. The van der Waals surface area contributed by atoms with Crippen molar-refractivity contribution in [2.24, 2.45) is 0 Å². The molecule has 21 heavy (non-hydrogen) atoms. The van der Waals surface area contributed by atoms with Crippen LogP contribution >= 0.6 is 0 Å². The Balaban J connectivity index is 2.10. The van der Waals surface area contributed by atoms with E-state index in [2.05, 4.69) is 4.72 Å². The van der Waals surface area contributed by atoms with Gasteiger partial charge in [0.1, 0.15) is 10.6 Å². The van der Waals surface area contributed by atoms with Crippen LogP contribution in [0.3, 0.4) is 0 Å². The number of methoxy groups -OCH3 is 1. The third-order valence-corrected chi connectivity index (χ3v) is 5.08. The number of ether oxygens (including phenoxy) is 2. The molecule has 1 saturated carbocycles. The molecule has 1 fully saturated rings. The molecule has 0 amide bonds. The average molecular weight is 315 g/mol. The van der Waals surface area contributed by atoms with Crippen LogP contribution in [0.4, 0.5) is 0 Å². The van der Waals surface area contributed by atoms with Gasteiger partial charge < -0.3 is 14.6 Å². The Kier molecular flexibility index (Phi) is 5.21. The van der Waals surface area contributed by atoms with Gasteiger partial charge in [-0.1, -0.05) is 6.07 Å². The van der Waals surface area contributed by atoms with Crippen LogP contribution in [-0.4, -0.2) is 39.4 Å². The molecule has 118 valence electrons. The van der Waals surface area contributed by atoms with Gasteiger partial charge in [0.05, 0.1) is 19.8 Å². The van der Waals surface area contributed by atoms with E-state index < -0.39 is 10.0 Å². The van der Waals surface area contributed by atoms with Crippen LogP contribution in [0.15, 0.2) is 23.1 Å². The highest BCUT2D eigenvalue weighted by Gasteiger charge is 2.34. The van der Waals surface area contributed by atoms with Crippen molar-refractivity contribution in [3.63, 3.8) is 0 Å². The summed E-state index contributed by atoms with van der Waals surface area (Å²) in [5.74, 6) is 0.231. The van der Waals surface area contributed by atoms with Crippen molar-refractivity contribution in [2.45, 2.75) is 43.4 Å². The van der Waals surface area contributed by atoms with Gasteiger partial charge in [0.15, 0.2) is 0 Å². The smallest absolute Gasteiger partial charge is 0.244 e. The second kappa shape index (κ2) is 6.74. The van der Waals surface area contributed by atoms with Gasteiger partial charge in [0.25, 0.3) is 0 Å². The molecule has 0 heterocycles. The van der Waals surface area contributed by atoms with Crippen LogP contribution in [-0.2, 0) is 21.4 Å². The average Bonchev–Trinajstić information content (AvgIpc) is 2.44. The first-order valence-corrected chi connectivity index (χ1v) is 8.40. The number of rotatable bonds is 7. The molecule has 6 nitrogen and oxygen atoms in total. The summed E-state index contributed by atoms with van der Waals surface area (Å²) in [7, 11) is -2.23. The maximum atomic E-state index is 12.4. The lowest BCUT2D eigenvalue weighted by Gasteiger charge is -2.35. The Hall–Kier alpha value is -1.15. The van der Waals surface area contributed by atoms with Crippen LogP contribution in [0.1, 0.15) is 25.3 Å². The van der Waals surface area contributed by atoms with Gasteiger partial charge in [-0.2, -0.15) is 0 Å². The fourth-order valence-electron chi connectivity index (χ4n) is 2.35. The summed E-state index contributed by atoms with van der Waals surface area (Å²) in [6.07, 6.45) is 1.51. The van der Waals surface area contributed by atoms with Gasteiger partial charge >= 0.3 is 0 Å². The summed E-state index contributed by atoms with van der Waals surface area (Å²) >= 11 is 0. The first kappa shape index (κ1) is 16.2. The van der Waals surface area contributed by atoms with Gasteiger partial charge in [-0.3, -0.25) is 0 Å². The van der Waals surface area contributed by atoms with Gasteiger partial charge in [-0.15, -0.1) is 0 Å². The predicted molar refractivity (Wildman–Crippen MR) is 77.7 cm³/mol. The molecule has 7 heteroatoms. The Labute approximate surface area is 125 Å². The highest BCUT2D eigenvalue weighted by molar-refractivity contribution is 7.89. The summed E-state index contributed by atoms with van der Waals surface area (Å²) < 4.78 is 38.0. The first-order chi connectivity index (χ1) is 10.00. The molecule has 0 bridgehead atoms. The van der Waals surface area contributed by atoms with E-state index in [1.165, 1.54) is 19.2 Å². The van der Waals surface area contributed by atoms with Gasteiger partial charge in [0.2, 0.25) is 10.0 Å². The van der Waals surface area contributed by atoms with Crippen molar-refractivity contribution < 1.29 is 23.0 Å². The van der Waals surface area contributed by atoms with E-state index in [0.717, 1.165) is 0 Å². The Bertz CT molecular complexity index is 581. The zero-order valence-electron chi connectivity index (χ0n) is 12.2. The maximum Gasteiger partial charge on any atom is 0.244 e. The first-order valence-electron chi connectivity index (χ1n) is 6.91. The molecule has 1 aliphatic rings. The molecule has 1 aromatic rings. The highest BCUT2D eigenvalue weighted by Crippen LogP contribution is 2.29. The number of nitrogens with one attached hydrogen (secondary N) is 1. The van der Waals surface area contributed by atoms with Crippen LogP contribution in [0.25, 0.3) is 0 Å². The van der Waals surface area contributed by atoms with Gasteiger partial charge in [0, 0.05) is 12.6 Å². The summed E-state index contributed by atoms with van der Waals surface area (Å²) in [5.41, 5.74) is 0.603. The lowest BCUT2D eigenvalue weighted by atomic mass is 9.90. The van der Waals surface area contributed by atoms with E-state index in [-0.39, 0.29) is 29.4 Å². The quantitative estimate of drug-likeness (QED) is 0.785. The van der Waals surface area contributed by atoms with Crippen molar-refractivity contribution in [3.05, 3.63) is 23.8 Å². The molecule has 0 saturated heterocycles. The van der Waals surface area contributed by atoms with E-state index in [1.807, 2.05) is 6.92 Å². The van der Waals surface area contributed by atoms with Gasteiger partial charge in [-0.25, -0.2) is 13.1 Å². The molecule has 2 rings (SSSR count). The van der Waals surface area contributed by atoms with Crippen LogP contribution < -0.4 is 9.46 Å². The minimum absolute atomic E-state index is 0.0852. The monoisotopic (exact) mass is 315 g/mol.